The summed E-state index contributed by atoms with van der Waals surface area (Å²) in [5, 5.41) is 0. The van der Waals surface area contributed by atoms with E-state index in [1.807, 2.05) is 0 Å². The predicted molar refractivity (Wildman–Crippen MR) is 42.4 cm³/mol. The van der Waals surface area contributed by atoms with Crippen LogP contribution in [0.4, 0.5) is 0 Å². The number of imide groups is 1. The third kappa shape index (κ3) is 1.85. The molecule has 2 amide bonds. The molecule has 0 saturated heterocycles. The molecule has 1 unspecified atom stereocenters. The van der Waals surface area contributed by atoms with Gasteiger partial charge in [0.1, 0.15) is 0 Å². The first-order chi connectivity index (χ1) is 5.99. The summed E-state index contributed by atoms with van der Waals surface area (Å²) in [5.41, 5.74) is 0. The Hall–Kier alpha value is -0.970. The van der Waals surface area contributed by atoms with Crippen LogP contribution in [0.15, 0.2) is 12.2 Å². The standard InChI is InChI=1S/C6H8NO5P/c1-2-12-13(10,11)7-5(8)3-4-6(7)9/h3-4H,2H2,1H3,(H,10,11). The Labute approximate surface area is 74.4 Å². The van der Waals surface area contributed by atoms with Crippen molar-refractivity contribution >= 4 is 19.6 Å². The molecule has 0 spiro atoms. The second kappa shape index (κ2) is 3.41. The number of hydrogen-bond acceptors (Lipinski definition) is 4. The second-order valence-electron chi connectivity index (χ2n) is 2.23. The smallest absolute Gasteiger partial charge is 0.307 e. The summed E-state index contributed by atoms with van der Waals surface area (Å²) >= 11 is 0. The molecule has 0 aromatic heterocycles. The van der Waals surface area contributed by atoms with Crippen LogP contribution in [0.5, 0.6) is 0 Å². The van der Waals surface area contributed by atoms with E-state index in [2.05, 4.69) is 4.52 Å². The Morgan fingerprint density at radius 1 is 1.46 bits per heavy atom. The van der Waals surface area contributed by atoms with Gasteiger partial charge in [0.05, 0.1) is 6.61 Å². The van der Waals surface area contributed by atoms with Gasteiger partial charge >= 0.3 is 7.75 Å². The van der Waals surface area contributed by atoms with Crippen LogP contribution in [0.3, 0.4) is 0 Å². The van der Waals surface area contributed by atoms with Gasteiger partial charge in [0.2, 0.25) is 0 Å². The first kappa shape index (κ1) is 10.1. The van der Waals surface area contributed by atoms with E-state index in [0.29, 0.717) is 0 Å². The highest BCUT2D eigenvalue weighted by molar-refractivity contribution is 7.52. The number of rotatable bonds is 3. The van der Waals surface area contributed by atoms with Crippen molar-refractivity contribution < 1.29 is 23.6 Å². The van der Waals surface area contributed by atoms with Crippen LogP contribution < -0.4 is 0 Å². The van der Waals surface area contributed by atoms with Crippen molar-refractivity contribution in [2.24, 2.45) is 0 Å². The Morgan fingerprint density at radius 2 is 1.92 bits per heavy atom. The molecule has 1 atom stereocenters. The summed E-state index contributed by atoms with van der Waals surface area (Å²) in [4.78, 5) is 31.0. The van der Waals surface area contributed by atoms with Crippen molar-refractivity contribution in [3.63, 3.8) is 0 Å². The van der Waals surface area contributed by atoms with Crippen molar-refractivity contribution in [2.45, 2.75) is 6.92 Å². The summed E-state index contributed by atoms with van der Waals surface area (Å²) in [6.07, 6.45) is 1.84. The molecule has 1 aliphatic rings. The lowest BCUT2D eigenvalue weighted by Gasteiger charge is -2.18. The molecule has 13 heavy (non-hydrogen) atoms. The predicted octanol–water partition coefficient (Wildman–Crippen LogP) is 0.0483. The van der Waals surface area contributed by atoms with Crippen LogP contribution in [0.1, 0.15) is 6.92 Å². The molecule has 1 N–H and O–H groups in total. The van der Waals surface area contributed by atoms with Crippen molar-refractivity contribution in [1.82, 2.24) is 4.67 Å². The maximum atomic E-state index is 11.2. The molecule has 0 radical (unpaired) electrons. The molecule has 1 rings (SSSR count). The van der Waals surface area contributed by atoms with Gasteiger partial charge in [-0.3, -0.25) is 14.1 Å². The van der Waals surface area contributed by atoms with Crippen LogP contribution in [-0.4, -0.2) is 28.0 Å². The second-order valence-corrected chi connectivity index (χ2v) is 3.87. The van der Waals surface area contributed by atoms with Crippen LogP contribution in [0.25, 0.3) is 0 Å². The Morgan fingerprint density at radius 3 is 2.31 bits per heavy atom. The monoisotopic (exact) mass is 205 g/mol. The van der Waals surface area contributed by atoms with Crippen molar-refractivity contribution in [1.29, 1.82) is 0 Å². The largest absolute Gasteiger partial charge is 0.442 e. The van der Waals surface area contributed by atoms with Crippen LogP contribution in [0.2, 0.25) is 0 Å². The van der Waals surface area contributed by atoms with E-state index >= 15 is 0 Å². The molecule has 0 aliphatic carbocycles. The van der Waals surface area contributed by atoms with Crippen molar-refractivity contribution in [3.05, 3.63) is 12.2 Å². The lowest BCUT2D eigenvalue weighted by atomic mass is 10.6. The van der Waals surface area contributed by atoms with Gasteiger partial charge in [-0.25, -0.2) is 4.57 Å². The number of hydrogen-bond donors (Lipinski definition) is 1. The first-order valence-corrected chi connectivity index (χ1v) is 5.06. The van der Waals surface area contributed by atoms with Gasteiger partial charge in [0.25, 0.3) is 11.8 Å². The highest BCUT2D eigenvalue weighted by atomic mass is 31.2. The molecule has 0 fully saturated rings. The average molecular weight is 205 g/mol. The summed E-state index contributed by atoms with van der Waals surface area (Å²) in [5.74, 6) is -1.66. The Kier molecular flexibility index (Phi) is 2.66. The maximum absolute atomic E-state index is 11.2. The molecular formula is C6H8NO5P. The minimum Gasteiger partial charge on any atom is -0.307 e. The number of amides is 2. The van der Waals surface area contributed by atoms with Gasteiger partial charge in [-0.2, -0.15) is 4.67 Å². The molecule has 0 aromatic carbocycles. The number of carbonyl (C=O) groups excluding carboxylic acids is 2. The normalized spacial score (nSPS) is 20.9. The third-order valence-electron chi connectivity index (χ3n) is 1.34. The molecule has 0 aromatic rings. The van der Waals surface area contributed by atoms with Gasteiger partial charge in [-0.05, 0) is 6.92 Å². The molecule has 7 heteroatoms. The molecule has 1 heterocycles. The van der Waals surface area contributed by atoms with Crippen molar-refractivity contribution in [2.75, 3.05) is 6.61 Å². The fourth-order valence-corrected chi connectivity index (χ4v) is 1.95. The fourth-order valence-electron chi connectivity index (χ4n) is 0.867. The zero-order chi connectivity index (χ0) is 10.1. The summed E-state index contributed by atoms with van der Waals surface area (Å²) in [6.45, 7) is 1.44. The average Bonchev–Trinajstić information content (AvgIpc) is 2.31. The van der Waals surface area contributed by atoms with E-state index in [1.165, 1.54) is 6.92 Å². The SMILES string of the molecule is CCOP(=O)(O)N1C(=O)C=CC1=O. The lowest BCUT2D eigenvalue weighted by molar-refractivity contribution is -0.132. The summed E-state index contributed by atoms with van der Waals surface area (Å²) < 4.78 is 15.8. The summed E-state index contributed by atoms with van der Waals surface area (Å²) in [7, 11) is -4.28. The Balaban J connectivity index is 2.89. The molecular weight excluding hydrogens is 197 g/mol. The molecule has 0 bridgehead atoms. The van der Waals surface area contributed by atoms with E-state index in [1.54, 1.807) is 0 Å². The molecule has 1 aliphatic heterocycles. The number of carbonyl (C=O) groups is 2. The fraction of sp³-hybridized carbons (Fsp3) is 0.333. The Bertz CT molecular complexity index is 305. The van der Waals surface area contributed by atoms with Crippen LogP contribution >= 0.6 is 7.75 Å². The van der Waals surface area contributed by atoms with E-state index < -0.39 is 19.6 Å². The van der Waals surface area contributed by atoms with E-state index in [0.717, 1.165) is 12.2 Å². The zero-order valence-electron chi connectivity index (χ0n) is 6.84. The zero-order valence-corrected chi connectivity index (χ0v) is 7.73. The molecule has 0 saturated carbocycles. The van der Waals surface area contributed by atoms with Crippen molar-refractivity contribution in [3.8, 4) is 0 Å². The topological polar surface area (TPSA) is 83.9 Å². The van der Waals surface area contributed by atoms with E-state index in [-0.39, 0.29) is 11.3 Å². The van der Waals surface area contributed by atoms with Crippen LogP contribution in [0, 0.1) is 0 Å². The highest BCUT2D eigenvalue weighted by Gasteiger charge is 2.40. The third-order valence-corrected chi connectivity index (χ3v) is 2.83. The summed E-state index contributed by atoms with van der Waals surface area (Å²) in [6, 6.07) is 0. The molecule has 6 nitrogen and oxygen atoms in total. The van der Waals surface area contributed by atoms with E-state index in [4.69, 9.17) is 4.89 Å². The minimum absolute atomic E-state index is 0.0508. The van der Waals surface area contributed by atoms with Gasteiger partial charge < -0.3 is 4.89 Å². The van der Waals surface area contributed by atoms with E-state index in [9.17, 15) is 14.2 Å². The van der Waals surface area contributed by atoms with Gasteiger partial charge in [-0.15, -0.1) is 0 Å². The first-order valence-electron chi connectivity index (χ1n) is 3.53. The lowest BCUT2D eigenvalue weighted by Crippen LogP contribution is -2.27. The molecule has 72 valence electrons. The highest BCUT2D eigenvalue weighted by Crippen LogP contribution is 2.47. The quantitative estimate of drug-likeness (QED) is 0.519. The van der Waals surface area contributed by atoms with Gasteiger partial charge in [-0.1, -0.05) is 0 Å². The van der Waals surface area contributed by atoms with Gasteiger partial charge in [0.15, 0.2) is 0 Å². The maximum Gasteiger partial charge on any atom is 0.442 e. The van der Waals surface area contributed by atoms with Gasteiger partial charge in [0, 0.05) is 12.2 Å². The number of nitrogens with zero attached hydrogens (tertiary/aromatic N) is 1. The van der Waals surface area contributed by atoms with Crippen LogP contribution in [-0.2, 0) is 18.7 Å². The minimum atomic E-state index is -4.28.